The lowest BCUT2D eigenvalue weighted by molar-refractivity contribution is 0.0204. The number of pyridine rings is 2. The number of aromatic nitrogens is 2. The number of nitrogens with one attached hydrogen (secondary N) is 1. The van der Waals surface area contributed by atoms with Crippen molar-refractivity contribution in [2.45, 2.75) is 70.8 Å². The van der Waals surface area contributed by atoms with Crippen LogP contribution in [-0.4, -0.2) is 58.6 Å². The van der Waals surface area contributed by atoms with Gasteiger partial charge in [0.25, 0.3) is 5.91 Å². The molecule has 6 rings (SSSR count). The maximum Gasteiger partial charge on any atom is 0.410 e. The Morgan fingerprint density at radius 2 is 1.76 bits per heavy atom. The second-order valence-electron chi connectivity index (χ2n) is 12.8. The van der Waals surface area contributed by atoms with Crippen LogP contribution in [0.3, 0.4) is 0 Å². The number of fused-ring (bicyclic) bond motifs is 1. The molecule has 0 radical (unpaired) electrons. The summed E-state index contributed by atoms with van der Waals surface area (Å²) in [5, 5.41) is 4.06. The number of hydrogen-bond acceptors (Lipinski definition) is 6. The van der Waals surface area contributed by atoms with Gasteiger partial charge in [-0.25, -0.2) is 9.78 Å². The van der Waals surface area contributed by atoms with Crippen LogP contribution in [0.15, 0.2) is 42.6 Å². The third-order valence-corrected chi connectivity index (χ3v) is 9.39. The maximum absolute atomic E-state index is 13.7. The SMILES string of the molecule is CC(C)(C)OC(=O)N1CCC(c2nc(NC(=O)c3ccc(I)cc3N3CCC4(CC3)CC4)cc3cccnc23)CC1. The summed E-state index contributed by atoms with van der Waals surface area (Å²) in [6.07, 6.45) is 8.13. The van der Waals surface area contributed by atoms with Crippen molar-refractivity contribution in [3.8, 4) is 0 Å². The number of benzene rings is 1. The lowest BCUT2D eigenvalue weighted by Crippen LogP contribution is -2.41. The first-order valence-corrected chi connectivity index (χ1v) is 15.8. The van der Waals surface area contributed by atoms with Crippen molar-refractivity contribution in [3.05, 3.63) is 57.4 Å². The van der Waals surface area contributed by atoms with Crippen LogP contribution < -0.4 is 10.2 Å². The Kier molecular flexibility index (Phi) is 7.59. The normalized spacial score (nSPS) is 18.9. The molecule has 1 aromatic carbocycles. The molecule has 2 amide bonds. The van der Waals surface area contributed by atoms with Crippen molar-refractivity contribution in [3.63, 3.8) is 0 Å². The monoisotopic (exact) mass is 667 g/mol. The Bertz CT molecular complexity index is 1460. The fourth-order valence-electron chi connectivity index (χ4n) is 6.16. The molecule has 2 aromatic heterocycles. The molecule has 1 aliphatic carbocycles. The van der Waals surface area contributed by atoms with E-state index in [1.54, 1.807) is 11.1 Å². The van der Waals surface area contributed by atoms with E-state index in [2.05, 4.69) is 43.9 Å². The van der Waals surface area contributed by atoms with Gasteiger partial charge < -0.3 is 19.9 Å². The topological polar surface area (TPSA) is 87.7 Å². The number of hydrogen-bond donors (Lipinski definition) is 1. The Morgan fingerprint density at radius 1 is 1.02 bits per heavy atom. The summed E-state index contributed by atoms with van der Waals surface area (Å²) < 4.78 is 6.70. The van der Waals surface area contributed by atoms with E-state index in [9.17, 15) is 9.59 Å². The molecule has 3 aliphatic rings. The number of carbonyl (C=O) groups excluding carboxylic acids is 2. The van der Waals surface area contributed by atoms with Gasteiger partial charge in [0, 0.05) is 47.3 Å². The van der Waals surface area contributed by atoms with Crippen molar-refractivity contribution < 1.29 is 14.3 Å². The number of likely N-dealkylation sites (tertiary alicyclic amines) is 1. The standard InChI is InChI=1S/C32H38IN5O3/c1-31(2,3)41-30(40)38-15-8-21(9-16-38)28-27-22(5-4-14-34-27)19-26(35-28)36-29(39)24-7-6-23(33)20-25(24)37-17-12-32(10-11-32)13-18-37/h4-7,14,19-21H,8-13,15-18H2,1-3H3,(H,35,36,39). The van der Waals surface area contributed by atoms with Gasteiger partial charge in [-0.15, -0.1) is 0 Å². The Labute approximate surface area is 255 Å². The first-order valence-electron chi connectivity index (χ1n) is 14.7. The third kappa shape index (κ3) is 6.29. The average molecular weight is 668 g/mol. The summed E-state index contributed by atoms with van der Waals surface area (Å²) in [5.41, 5.74) is 3.45. The zero-order valence-electron chi connectivity index (χ0n) is 24.1. The highest BCUT2D eigenvalue weighted by molar-refractivity contribution is 14.1. The number of nitrogens with zero attached hydrogens (tertiary/aromatic N) is 4. The molecule has 216 valence electrons. The first kappa shape index (κ1) is 28.2. The molecule has 0 atom stereocenters. The molecule has 41 heavy (non-hydrogen) atoms. The van der Waals surface area contributed by atoms with Crippen LogP contribution in [0, 0.1) is 8.99 Å². The zero-order valence-corrected chi connectivity index (χ0v) is 26.2. The Hall–Kier alpha value is -2.95. The second-order valence-corrected chi connectivity index (χ2v) is 14.1. The smallest absolute Gasteiger partial charge is 0.410 e. The van der Waals surface area contributed by atoms with Crippen LogP contribution in [0.4, 0.5) is 16.3 Å². The Morgan fingerprint density at radius 3 is 2.44 bits per heavy atom. The number of amides is 2. The quantitative estimate of drug-likeness (QED) is 0.302. The van der Waals surface area contributed by atoms with E-state index >= 15 is 0 Å². The van der Waals surface area contributed by atoms with Gasteiger partial charge in [0.15, 0.2) is 0 Å². The molecule has 3 fully saturated rings. The van der Waals surface area contributed by atoms with Gasteiger partial charge in [-0.1, -0.05) is 6.07 Å². The average Bonchev–Trinajstić information content (AvgIpc) is 3.70. The van der Waals surface area contributed by atoms with E-state index in [1.807, 2.05) is 51.1 Å². The molecule has 0 unspecified atom stereocenters. The minimum absolute atomic E-state index is 0.125. The van der Waals surface area contributed by atoms with Gasteiger partial charge >= 0.3 is 6.09 Å². The van der Waals surface area contributed by atoms with E-state index in [1.165, 1.54) is 25.7 Å². The highest BCUT2D eigenvalue weighted by atomic mass is 127. The number of rotatable bonds is 4. The van der Waals surface area contributed by atoms with Crippen molar-refractivity contribution in [1.29, 1.82) is 0 Å². The van der Waals surface area contributed by atoms with Gasteiger partial charge in [0.2, 0.25) is 0 Å². The summed E-state index contributed by atoms with van der Waals surface area (Å²) in [6, 6.07) is 11.9. The molecule has 8 nitrogen and oxygen atoms in total. The zero-order chi connectivity index (χ0) is 28.8. The van der Waals surface area contributed by atoms with Crippen molar-refractivity contribution in [2.75, 3.05) is 36.4 Å². The molecule has 4 heterocycles. The van der Waals surface area contributed by atoms with Gasteiger partial charge in [-0.05, 0) is 118 Å². The van der Waals surface area contributed by atoms with Crippen molar-refractivity contribution >= 4 is 57.0 Å². The molecular formula is C32H38IN5O3. The van der Waals surface area contributed by atoms with E-state index < -0.39 is 5.60 Å². The van der Waals surface area contributed by atoms with Gasteiger partial charge in [-0.2, -0.15) is 0 Å². The van der Waals surface area contributed by atoms with Crippen LogP contribution in [-0.2, 0) is 4.74 Å². The molecule has 1 spiro atoms. The highest BCUT2D eigenvalue weighted by Gasteiger charge is 2.44. The largest absolute Gasteiger partial charge is 0.444 e. The summed E-state index contributed by atoms with van der Waals surface area (Å²) in [7, 11) is 0. The molecule has 1 N–H and O–H groups in total. The fourth-order valence-corrected chi connectivity index (χ4v) is 6.64. The third-order valence-electron chi connectivity index (χ3n) is 8.72. The minimum atomic E-state index is -0.521. The van der Waals surface area contributed by atoms with Crippen LogP contribution in [0.1, 0.15) is 81.3 Å². The van der Waals surface area contributed by atoms with Crippen LogP contribution in [0.2, 0.25) is 0 Å². The number of piperidine rings is 2. The fraction of sp³-hybridized carbons (Fsp3) is 0.500. The summed E-state index contributed by atoms with van der Waals surface area (Å²) in [5.74, 6) is 0.504. The summed E-state index contributed by atoms with van der Waals surface area (Å²) in [6.45, 7) is 8.82. The van der Waals surface area contributed by atoms with Gasteiger partial charge in [0.05, 0.1) is 22.5 Å². The molecule has 3 aromatic rings. The lowest BCUT2D eigenvalue weighted by atomic mass is 9.91. The van der Waals surface area contributed by atoms with Crippen molar-refractivity contribution in [1.82, 2.24) is 14.9 Å². The maximum atomic E-state index is 13.7. The van der Waals surface area contributed by atoms with Crippen LogP contribution >= 0.6 is 22.6 Å². The molecule has 2 saturated heterocycles. The predicted octanol–water partition coefficient (Wildman–Crippen LogP) is 6.98. The van der Waals surface area contributed by atoms with Crippen LogP contribution in [0.5, 0.6) is 0 Å². The van der Waals surface area contributed by atoms with Gasteiger partial charge in [0.1, 0.15) is 11.4 Å². The molecule has 0 bridgehead atoms. The minimum Gasteiger partial charge on any atom is -0.444 e. The highest BCUT2D eigenvalue weighted by Crippen LogP contribution is 2.54. The number of carbonyl (C=O) groups is 2. The van der Waals surface area contributed by atoms with E-state index in [0.717, 1.165) is 51.8 Å². The van der Waals surface area contributed by atoms with Crippen LogP contribution in [0.25, 0.3) is 10.9 Å². The molecular weight excluding hydrogens is 629 g/mol. The first-order chi connectivity index (χ1) is 19.6. The Balaban J connectivity index is 1.22. The summed E-state index contributed by atoms with van der Waals surface area (Å²) >= 11 is 2.32. The van der Waals surface area contributed by atoms with E-state index in [0.29, 0.717) is 29.9 Å². The predicted molar refractivity (Wildman–Crippen MR) is 170 cm³/mol. The molecule has 9 heteroatoms. The second kappa shape index (κ2) is 11.0. The number of anilines is 2. The van der Waals surface area contributed by atoms with E-state index in [4.69, 9.17) is 9.72 Å². The molecule has 2 aliphatic heterocycles. The summed E-state index contributed by atoms with van der Waals surface area (Å²) in [4.78, 5) is 40.1. The molecule has 1 saturated carbocycles. The number of halogens is 1. The van der Waals surface area contributed by atoms with E-state index in [-0.39, 0.29) is 17.9 Å². The van der Waals surface area contributed by atoms with Crippen molar-refractivity contribution in [2.24, 2.45) is 5.41 Å². The number of ether oxygens (including phenoxy) is 1. The lowest BCUT2D eigenvalue weighted by Gasteiger charge is -2.35. The van der Waals surface area contributed by atoms with Gasteiger partial charge in [-0.3, -0.25) is 9.78 Å².